The Kier molecular flexibility index (Phi) is 2.95. The molecule has 1 unspecified atom stereocenters. The average Bonchev–Trinajstić information content (AvgIpc) is 2.68. The molecule has 0 saturated carbocycles. The van der Waals surface area contributed by atoms with Gasteiger partial charge in [-0.1, -0.05) is 0 Å². The first kappa shape index (κ1) is 11.9. The number of nitrogens with two attached hydrogens (primary N) is 1. The monoisotopic (exact) mass is 309 g/mol. The highest BCUT2D eigenvalue weighted by Crippen LogP contribution is 2.30. The van der Waals surface area contributed by atoms with Gasteiger partial charge in [0.05, 0.1) is 5.69 Å². The molecule has 1 aliphatic rings. The van der Waals surface area contributed by atoms with Gasteiger partial charge < -0.3 is 10.3 Å². The van der Waals surface area contributed by atoms with E-state index in [1.165, 1.54) is 17.8 Å². The quantitative estimate of drug-likeness (QED) is 0.880. The summed E-state index contributed by atoms with van der Waals surface area (Å²) < 4.78 is 15.8. The SMILES string of the molecule is NC1CCc2c(-c3ccc(F)cc3)nc(Br)n2C1. The number of fused-ring (bicyclic) bond motifs is 1. The highest BCUT2D eigenvalue weighted by molar-refractivity contribution is 9.10. The Hall–Kier alpha value is -1.20. The maximum atomic E-state index is 12.9. The van der Waals surface area contributed by atoms with Crippen molar-refractivity contribution in [2.75, 3.05) is 0 Å². The van der Waals surface area contributed by atoms with Crippen LogP contribution < -0.4 is 5.73 Å². The van der Waals surface area contributed by atoms with Crippen LogP contribution in [0.5, 0.6) is 0 Å². The van der Waals surface area contributed by atoms with E-state index in [-0.39, 0.29) is 11.9 Å². The number of hydrogen-bond donors (Lipinski definition) is 1. The summed E-state index contributed by atoms with van der Waals surface area (Å²) in [7, 11) is 0. The summed E-state index contributed by atoms with van der Waals surface area (Å²) in [5, 5.41) is 0. The summed E-state index contributed by atoms with van der Waals surface area (Å²) in [6.07, 6.45) is 1.87. The number of hydrogen-bond acceptors (Lipinski definition) is 2. The van der Waals surface area contributed by atoms with Gasteiger partial charge in [0.2, 0.25) is 0 Å². The van der Waals surface area contributed by atoms with Crippen LogP contribution >= 0.6 is 15.9 Å². The van der Waals surface area contributed by atoms with E-state index in [9.17, 15) is 4.39 Å². The maximum absolute atomic E-state index is 12.9. The van der Waals surface area contributed by atoms with Gasteiger partial charge in [-0.25, -0.2) is 9.37 Å². The Labute approximate surface area is 113 Å². The molecule has 18 heavy (non-hydrogen) atoms. The van der Waals surface area contributed by atoms with Gasteiger partial charge in [0.15, 0.2) is 4.73 Å². The maximum Gasteiger partial charge on any atom is 0.177 e. The van der Waals surface area contributed by atoms with Crippen LogP contribution in [0.3, 0.4) is 0 Å². The van der Waals surface area contributed by atoms with Crippen LogP contribution in [0.4, 0.5) is 4.39 Å². The Morgan fingerprint density at radius 1 is 1.33 bits per heavy atom. The second-order valence-electron chi connectivity index (χ2n) is 4.59. The smallest absolute Gasteiger partial charge is 0.177 e. The molecule has 3 rings (SSSR count). The van der Waals surface area contributed by atoms with Crippen LogP contribution in [0.15, 0.2) is 29.0 Å². The Morgan fingerprint density at radius 3 is 2.78 bits per heavy atom. The molecule has 2 aromatic rings. The third-order valence-corrected chi connectivity index (χ3v) is 3.92. The van der Waals surface area contributed by atoms with Crippen LogP contribution in [0, 0.1) is 5.82 Å². The summed E-state index contributed by atoms with van der Waals surface area (Å²) >= 11 is 3.46. The molecule has 0 spiro atoms. The van der Waals surface area contributed by atoms with E-state index in [1.54, 1.807) is 12.1 Å². The number of rotatable bonds is 1. The van der Waals surface area contributed by atoms with Crippen LogP contribution in [-0.4, -0.2) is 15.6 Å². The van der Waals surface area contributed by atoms with E-state index in [0.717, 1.165) is 35.4 Å². The van der Waals surface area contributed by atoms with Gasteiger partial charge in [-0.05, 0) is 53.0 Å². The van der Waals surface area contributed by atoms with E-state index >= 15 is 0 Å². The molecule has 2 N–H and O–H groups in total. The fourth-order valence-electron chi connectivity index (χ4n) is 2.38. The largest absolute Gasteiger partial charge is 0.326 e. The standard InChI is InChI=1S/C13H13BrFN3/c14-13-17-12(8-1-3-9(15)4-2-8)11-6-5-10(16)7-18(11)13/h1-4,10H,5-7,16H2. The lowest BCUT2D eigenvalue weighted by Crippen LogP contribution is -2.31. The molecule has 1 aromatic heterocycles. The van der Waals surface area contributed by atoms with Crippen LogP contribution in [-0.2, 0) is 13.0 Å². The van der Waals surface area contributed by atoms with E-state index in [1.807, 2.05) is 0 Å². The highest BCUT2D eigenvalue weighted by atomic mass is 79.9. The molecule has 2 heterocycles. The average molecular weight is 310 g/mol. The normalized spacial score (nSPS) is 18.7. The number of nitrogens with zero attached hydrogens (tertiary/aromatic N) is 2. The third-order valence-electron chi connectivity index (χ3n) is 3.31. The summed E-state index contributed by atoms with van der Waals surface area (Å²) in [5.74, 6) is -0.229. The molecule has 0 bridgehead atoms. The van der Waals surface area contributed by atoms with Crippen molar-refractivity contribution < 1.29 is 4.39 Å². The Morgan fingerprint density at radius 2 is 2.06 bits per heavy atom. The first-order valence-electron chi connectivity index (χ1n) is 5.91. The zero-order valence-corrected chi connectivity index (χ0v) is 11.3. The fraction of sp³-hybridized carbons (Fsp3) is 0.308. The second kappa shape index (κ2) is 4.48. The highest BCUT2D eigenvalue weighted by Gasteiger charge is 2.23. The predicted molar refractivity (Wildman–Crippen MR) is 71.6 cm³/mol. The van der Waals surface area contributed by atoms with Crippen molar-refractivity contribution in [2.45, 2.75) is 25.4 Å². The summed E-state index contributed by atoms with van der Waals surface area (Å²) in [4.78, 5) is 4.53. The third kappa shape index (κ3) is 1.97. The van der Waals surface area contributed by atoms with Gasteiger partial charge in [0.1, 0.15) is 5.82 Å². The first-order valence-corrected chi connectivity index (χ1v) is 6.71. The first-order chi connectivity index (χ1) is 8.65. The molecule has 1 aromatic carbocycles. The predicted octanol–water partition coefficient (Wildman–Crippen LogP) is 2.73. The lowest BCUT2D eigenvalue weighted by molar-refractivity contribution is 0.455. The zero-order chi connectivity index (χ0) is 12.7. The van der Waals surface area contributed by atoms with Crippen LogP contribution in [0.1, 0.15) is 12.1 Å². The van der Waals surface area contributed by atoms with E-state index in [0.29, 0.717) is 0 Å². The van der Waals surface area contributed by atoms with Gasteiger partial charge >= 0.3 is 0 Å². The molecule has 94 valence electrons. The van der Waals surface area contributed by atoms with Gasteiger partial charge in [-0.2, -0.15) is 0 Å². The topological polar surface area (TPSA) is 43.8 Å². The number of halogens is 2. The molecular weight excluding hydrogens is 297 g/mol. The molecule has 5 heteroatoms. The lowest BCUT2D eigenvalue weighted by atomic mass is 10.0. The van der Waals surface area contributed by atoms with Crippen LogP contribution in [0.25, 0.3) is 11.3 Å². The molecule has 1 atom stereocenters. The summed E-state index contributed by atoms with van der Waals surface area (Å²) in [6.45, 7) is 0.782. The van der Waals surface area contributed by atoms with E-state index < -0.39 is 0 Å². The molecule has 0 saturated heterocycles. The molecule has 1 aliphatic heterocycles. The molecule has 0 amide bonds. The molecular formula is C13H13BrFN3. The van der Waals surface area contributed by atoms with Crippen molar-refractivity contribution in [2.24, 2.45) is 5.73 Å². The minimum Gasteiger partial charge on any atom is -0.326 e. The minimum atomic E-state index is -0.229. The van der Waals surface area contributed by atoms with Gasteiger partial charge in [0.25, 0.3) is 0 Å². The summed E-state index contributed by atoms with van der Waals surface area (Å²) in [5.41, 5.74) is 9.01. The number of imidazole rings is 1. The van der Waals surface area contributed by atoms with Crippen molar-refractivity contribution in [1.82, 2.24) is 9.55 Å². The van der Waals surface area contributed by atoms with Crippen molar-refractivity contribution in [3.8, 4) is 11.3 Å². The van der Waals surface area contributed by atoms with Crippen molar-refractivity contribution >= 4 is 15.9 Å². The fourth-order valence-corrected chi connectivity index (χ4v) is 2.92. The van der Waals surface area contributed by atoms with Crippen LogP contribution in [0.2, 0.25) is 0 Å². The minimum absolute atomic E-state index is 0.184. The van der Waals surface area contributed by atoms with E-state index in [2.05, 4.69) is 25.5 Å². The van der Waals surface area contributed by atoms with E-state index in [4.69, 9.17) is 5.73 Å². The van der Waals surface area contributed by atoms with Gasteiger partial charge in [0, 0.05) is 23.8 Å². The molecule has 0 aliphatic carbocycles. The Balaban J connectivity index is 2.08. The Bertz CT molecular complexity index is 577. The van der Waals surface area contributed by atoms with Crippen molar-refractivity contribution in [3.05, 3.63) is 40.5 Å². The van der Waals surface area contributed by atoms with Gasteiger partial charge in [-0.15, -0.1) is 0 Å². The number of benzene rings is 1. The lowest BCUT2D eigenvalue weighted by Gasteiger charge is -2.21. The van der Waals surface area contributed by atoms with Crippen molar-refractivity contribution in [1.29, 1.82) is 0 Å². The number of aromatic nitrogens is 2. The van der Waals surface area contributed by atoms with Crippen molar-refractivity contribution in [3.63, 3.8) is 0 Å². The second-order valence-corrected chi connectivity index (χ2v) is 5.30. The zero-order valence-electron chi connectivity index (χ0n) is 9.74. The molecule has 0 radical (unpaired) electrons. The molecule has 3 nitrogen and oxygen atoms in total. The van der Waals surface area contributed by atoms with Gasteiger partial charge in [-0.3, -0.25) is 0 Å². The summed E-state index contributed by atoms with van der Waals surface area (Å²) in [6, 6.07) is 6.63. The molecule has 0 fully saturated rings.